The zero-order valence-electron chi connectivity index (χ0n) is 19.5. The van der Waals surface area contributed by atoms with Crippen molar-refractivity contribution in [1.82, 2.24) is 9.88 Å². The fourth-order valence-corrected chi connectivity index (χ4v) is 4.69. The van der Waals surface area contributed by atoms with Crippen molar-refractivity contribution in [3.63, 3.8) is 0 Å². The molecule has 1 fully saturated rings. The van der Waals surface area contributed by atoms with Gasteiger partial charge in [0.15, 0.2) is 0 Å². The van der Waals surface area contributed by atoms with Crippen LogP contribution >= 0.6 is 23.2 Å². The molecule has 0 saturated carbocycles. The molecule has 186 valence electrons. The number of para-hydroxylation sites is 1. The topological polar surface area (TPSA) is 78.0 Å². The Hall–Kier alpha value is -2.61. The molecule has 1 aromatic heterocycles. The molecule has 7 nitrogen and oxygen atoms in total. The fourth-order valence-electron chi connectivity index (χ4n) is 4.50. The number of benzene rings is 1. The average molecular weight is 519 g/mol. The van der Waals surface area contributed by atoms with Crippen molar-refractivity contribution in [1.29, 1.82) is 0 Å². The van der Waals surface area contributed by atoms with Gasteiger partial charge in [0.1, 0.15) is 24.1 Å². The Kier molecular flexibility index (Phi) is 8.65. The minimum absolute atomic E-state index is 0.0271. The van der Waals surface area contributed by atoms with Crippen LogP contribution in [0.5, 0.6) is 5.75 Å². The van der Waals surface area contributed by atoms with Gasteiger partial charge in [-0.15, -0.1) is 11.6 Å². The molecule has 0 unspecified atom stereocenters. The van der Waals surface area contributed by atoms with Crippen LogP contribution in [0.15, 0.2) is 53.9 Å². The lowest BCUT2D eigenvalue weighted by molar-refractivity contribution is -0.141. The molecule has 2 aliphatic heterocycles. The predicted molar refractivity (Wildman–Crippen MR) is 132 cm³/mol. The summed E-state index contributed by atoms with van der Waals surface area (Å²) in [5.74, 6) is -0.0630. The van der Waals surface area contributed by atoms with Crippen molar-refractivity contribution in [2.45, 2.75) is 44.8 Å². The summed E-state index contributed by atoms with van der Waals surface area (Å²) >= 11 is 11.7. The molecule has 35 heavy (non-hydrogen) atoms. The Morgan fingerprint density at radius 1 is 1.26 bits per heavy atom. The Morgan fingerprint density at radius 3 is 2.80 bits per heavy atom. The smallest absolute Gasteiger partial charge is 0.336 e. The molecule has 9 heteroatoms. The van der Waals surface area contributed by atoms with Crippen LogP contribution in [0.2, 0.25) is 5.15 Å². The largest absolute Gasteiger partial charge is 0.492 e. The number of ether oxygens (including phenoxy) is 3. The third-order valence-corrected chi connectivity index (χ3v) is 6.65. The van der Waals surface area contributed by atoms with Crippen molar-refractivity contribution < 1.29 is 23.8 Å². The van der Waals surface area contributed by atoms with Crippen LogP contribution in [0.1, 0.15) is 43.2 Å². The molecule has 1 aromatic carbocycles. The van der Waals surface area contributed by atoms with Crippen LogP contribution in [-0.2, 0) is 25.7 Å². The number of carbonyl (C=O) groups is 2. The van der Waals surface area contributed by atoms with Gasteiger partial charge in [-0.05, 0) is 37.5 Å². The summed E-state index contributed by atoms with van der Waals surface area (Å²) in [5.41, 5.74) is 2.48. The standard InChI is InChI=1S/C26H28Cl2N2O5/c1-17-25(26(32)35-16-19-5-2-3-7-22(19)34-12-10-27)21(18-8-9-23(28)29-14-18)13-24(31)30(17)15-20-6-4-11-33-20/h2-3,5,7-9,14,20-21H,4,6,10-13,15-16H2,1H3/t20-,21+/m1/s1. The maximum Gasteiger partial charge on any atom is 0.336 e. The highest BCUT2D eigenvalue weighted by Gasteiger charge is 2.38. The number of halogens is 2. The lowest BCUT2D eigenvalue weighted by Gasteiger charge is -2.35. The van der Waals surface area contributed by atoms with Crippen molar-refractivity contribution in [2.24, 2.45) is 0 Å². The summed E-state index contributed by atoms with van der Waals surface area (Å²) in [6.45, 7) is 3.27. The second-order valence-corrected chi connectivity index (χ2v) is 9.30. The minimum atomic E-state index is -0.487. The highest BCUT2D eigenvalue weighted by molar-refractivity contribution is 6.29. The summed E-state index contributed by atoms with van der Waals surface area (Å²) in [6.07, 6.45) is 3.56. The number of esters is 1. The molecular weight excluding hydrogens is 491 g/mol. The van der Waals surface area contributed by atoms with E-state index in [0.29, 0.717) is 47.8 Å². The van der Waals surface area contributed by atoms with Gasteiger partial charge in [0.25, 0.3) is 0 Å². The Bertz CT molecular complexity index is 1080. The maximum atomic E-state index is 13.5. The number of amides is 1. The van der Waals surface area contributed by atoms with Gasteiger partial charge in [0.05, 0.1) is 24.1 Å². The number of alkyl halides is 1. The molecule has 2 atom stereocenters. The van der Waals surface area contributed by atoms with E-state index in [2.05, 4.69) is 4.98 Å². The molecule has 0 radical (unpaired) electrons. The minimum Gasteiger partial charge on any atom is -0.492 e. The first-order chi connectivity index (χ1) is 17.0. The number of carbonyl (C=O) groups excluding carboxylic acids is 2. The van der Waals surface area contributed by atoms with Crippen LogP contribution in [-0.4, -0.2) is 53.5 Å². The molecule has 3 heterocycles. The number of rotatable bonds is 9. The fraction of sp³-hybridized carbons (Fsp3) is 0.423. The Morgan fingerprint density at radius 2 is 2.09 bits per heavy atom. The van der Waals surface area contributed by atoms with E-state index < -0.39 is 11.9 Å². The van der Waals surface area contributed by atoms with Crippen molar-refractivity contribution >= 4 is 35.1 Å². The lowest BCUT2D eigenvalue weighted by Crippen LogP contribution is -2.42. The van der Waals surface area contributed by atoms with E-state index in [0.717, 1.165) is 24.0 Å². The summed E-state index contributed by atoms with van der Waals surface area (Å²) in [7, 11) is 0. The molecule has 0 spiro atoms. The summed E-state index contributed by atoms with van der Waals surface area (Å²) in [4.78, 5) is 32.4. The number of pyridine rings is 1. The number of hydrogen-bond donors (Lipinski definition) is 0. The van der Waals surface area contributed by atoms with Gasteiger partial charge < -0.3 is 19.1 Å². The highest BCUT2D eigenvalue weighted by atomic mass is 35.5. The maximum absolute atomic E-state index is 13.5. The van der Waals surface area contributed by atoms with E-state index in [1.165, 1.54) is 0 Å². The number of hydrogen-bond acceptors (Lipinski definition) is 6. The highest BCUT2D eigenvalue weighted by Crippen LogP contribution is 2.38. The van der Waals surface area contributed by atoms with Gasteiger partial charge >= 0.3 is 5.97 Å². The zero-order chi connectivity index (χ0) is 24.8. The molecule has 1 saturated heterocycles. The van der Waals surface area contributed by atoms with Crippen LogP contribution in [0.25, 0.3) is 0 Å². The van der Waals surface area contributed by atoms with Crippen molar-refractivity contribution in [3.05, 3.63) is 70.1 Å². The Labute approximate surface area is 215 Å². The molecule has 1 amide bonds. The molecule has 4 rings (SSSR count). The molecule has 0 aliphatic carbocycles. The predicted octanol–water partition coefficient (Wildman–Crippen LogP) is 4.86. The summed E-state index contributed by atoms with van der Waals surface area (Å²) < 4.78 is 17.2. The Balaban J connectivity index is 1.61. The van der Waals surface area contributed by atoms with Crippen molar-refractivity contribution in [2.75, 3.05) is 25.6 Å². The first-order valence-corrected chi connectivity index (χ1v) is 12.6. The quantitative estimate of drug-likeness (QED) is 0.268. The summed E-state index contributed by atoms with van der Waals surface area (Å²) in [5, 5.41) is 0.342. The second kappa shape index (κ2) is 11.9. The molecular formula is C26H28Cl2N2O5. The van der Waals surface area contributed by atoms with E-state index in [1.807, 2.05) is 24.3 Å². The van der Waals surface area contributed by atoms with Gasteiger partial charge in [0, 0.05) is 36.4 Å². The molecule has 0 bridgehead atoms. The van der Waals surface area contributed by atoms with Crippen molar-refractivity contribution in [3.8, 4) is 5.75 Å². The van der Waals surface area contributed by atoms with E-state index >= 15 is 0 Å². The van der Waals surface area contributed by atoms with Gasteiger partial charge in [-0.25, -0.2) is 9.78 Å². The number of nitrogens with zero attached hydrogens (tertiary/aromatic N) is 2. The van der Waals surface area contributed by atoms with Gasteiger partial charge in [-0.1, -0.05) is 35.9 Å². The van der Waals surface area contributed by atoms with E-state index in [1.54, 1.807) is 30.2 Å². The van der Waals surface area contributed by atoms with E-state index in [-0.39, 0.29) is 25.0 Å². The third-order valence-electron chi connectivity index (χ3n) is 6.27. The van der Waals surface area contributed by atoms with E-state index in [9.17, 15) is 9.59 Å². The zero-order valence-corrected chi connectivity index (χ0v) is 21.1. The molecule has 2 aromatic rings. The normalized spacial score (nSPS) is 20.3. The summed E-state index contributed by atoms with van der Waals surface area (Å²) in [6, 6.07) is 10.8. The molecule has 2 aliphatic rings. The second-order valence-electron chi connectivity index (χ2n) is 8.53. The SMILES string of the molecule is CC1=C(C(=O)OCc2ccccc2OCCCl)[C@H](c2ccc(Cl)nc2)CC(=O)N1C[C@H]1CCCO1. The van der Waals surface area contributed by atoms with Crippen LogP contribution in [0.4, 0.5) is 0 Å². The lowest BCUT2D eigenvalue weighted by atomic mass is 9.84. The van der Waals surface area contributed by atoms with Crippen LogP contribution < -0.4 is 4.74 Å². The van der Waals surface area contributed by atoms with Gasteiger partial charge in [0.2, 0.25) is 5.91 Å². The third kappa shape index (κ3) is 6.15. The number of aromatic nitrogens is 1. The van der Waals surface area contributed by atoms with Crippen LogP contribution in [0, 0.1) is 0 Å². The van der Waals surface area contributed by atoms with Crippen LogP contribution in [0.3, 0.4) is 0 Å². The monoisotopic (exact) mass is 518 g/mol. The molecule has 0 N–H and O–H groups in total. The first kappa shape index (κ1) is 25.5. The number of allylic oxidation sites excluding steroid dienone is 1. The average Bonchev–Trinajstić information content (AvgIpc) is 3.38. The van der Waals surface area contributed by atoms with Gasteiger partial charge in [-0.3, -0.25) is 4.79 Å². The van der Waals surface area contributed by atoms with E-state index in [4.69, 9.17) is 37.4 Å². The first-order valence-electron chi connectivity index (χ1n) is 11.7. The van der Waals surface area contributed by atoms with Gasteiger partial charge in [-0.2, -0.15) is 0 Å².